The van der Waals surface area contributed by atoms with Gasteiger partial charge in [0.2, 0.25) is 0 Å². The second kappa shape index (κ2) is 6.28. The first kappa shape index (κ1) is 14.6. The summed E-state index contributed by atoms with van der Waals surface area (Å²) in [6.07, 6.45) is -1.72. The Balaban J connectivity index is 0.00000196. The molecule has 0 aliphatic heterocycles. The van der Waals surface area contributed by atoms with Crippen LogP contribution < -0.4 is 0 Å². The van der Waals surface area contributed by atoms with E-state index in [9.17, 15) is 8.42 Å². The third kappa shape index (κ3) is 4.34. The van der Waals surface area contributed by atoms with Crippen molar-refractivity contribution in [3.8, 4) is 0 Å². The fraction of sp³-hybridized carbons (Fsp3) is 0.250. The fourth-order valence-corrected chi connectivity index (χ4v) is 1.77. The Morgan fingerprint density at radius 1 is 1.27 bits per heavy atom. The molecule has 5 nitrogen and oxygen atoms in total. The van der Waals surface area contributed by atoms with Crippen LogP contribution in [0.5, 0.6) is 0 Å². The van der Waals surface area contributed by atoms with E-state index >= 15 is 0 Å². The molecule has 0 aliphatic carbocycles. The third-order valence-corrected chi connectivity index (χ3v) is 2.75. The molecule has 0 heterocycles. The summed E-state index contributed by atoms with van der Waals surface area (Å²) in [5.41, 5.74) is 0. The minimum atomic E-state index is -3.98. The van der Waals surface area contributed by atoms with Gasteiger partial charge in [-0.3, -0.25) is 0 Å². The van der Waals surface area contributed by atoms with E-state index < -0.39 is 23.0 Å². The van der Waals surface area contributed by atoms with Crippen LogP contribution in [0, 0.1) is 0 Å². The number of aliphatic hydroxyl groups excluding tert-OH is 2. The molecule has 0 bridgehead atoms. The molecule has 0 spiro atoms. The summed E-state index contributed by atoms with van der Waals surface area (Å²) in [5.74, 6) is 0. The van der Waals surface area contributed by atoms with E-state index in [0.717, 1.165) is 0 Å². The van der Waals surface area contributed by atoms with Crippen molar-refractivity contribution in [3.05, 3.63) is 30.3 Å². The van der Waals surface area contributed by atoms with Crippen LogP contribution >= 0.6 is 0 Å². The molecule has 0 amide bonds. The molecule has 0 saturated heterocycles. The zero-order valence-electron chi connectivity index (χ0n) is 7.20. The Hall–Kier alpha value is -0.353. The first-order valence-corrected chi connectivity index (χ1v) is 5.24. The van der Waals surface area contributed by atoms with E-state index in [1.54, 1.807) is 6.07 Å². The molecular weight excluding hydrogens is 215 g/mol. The molecular formula is C8H11LiO5S. The Morgan fingerprint density at radius 2 is 1.80 bits per heavy atom. The molecule has 15 heavy (non-hydrogen) atoms. The summed E-state index contributed by atoms with van der Waals surface area (Å²) in [7, 11) is -3.98. The van der Waals surface area contributed by atoms with Gasteiger partial charge >= 0.3 is 18.9 Å². The first-order chi connectivity index (χ1) is 6.56. The van der Waals surface area contributed by atoms with E-state index in [4.69, 9.17) is 10.2 Å². The third-order valence-electron chi connectivity index (χ3n) is 1.43. The van der Waals surface area contributed by atoms with E-state index in [1.807, 2.05) is 0 Å². The van der Waals surface area contributed by atoms with E-state index in [2.05, 4.69) is 4.18 Å². The van der Waals surface area contributed by atoms with Gasteiger partial charge < -0.3 is 10.2 Å². The van der Waals surface area contributed by atoms with Crippen LogP contribution in [0.3, 0.4) is 0 Å². The Kier molecular flexibility index (Phi) is 6.13. The summed E-state index contributed by atoms with van der Waals surface area (Å²) in [5, 5.41) is 17.2. The fourth-order valence-electron chi connectivity index (χ4n) is 0.819. The van der Waals surface area contributed by atoms with Gasteiger partial charge in [0.25, 0.3) is 10.1 Å². The summed E-state index contributed by atoms with van der Waals surface area (Å²) in [6.45, 7) is -0.772. The molecule has 7 heteroatoms. The van der Waals surface area contributed by atoms with Crippen LogP contribution in [-0.2, 0) is 14.3 Å². The first-order valence-electron chi connectivity index (χ1n) is 3.83. The van der Waals surface area contributed by atoms with Crippen molar-refractivity contribution in [1.82, 2.24) is 0 Å². The van der Waals surface area contributed by atoms with Gasteiger partial charge in [0.15, 0.2) is 6.29 Å². The van der Waals surface area contributed by atoms with Crippen LogP contribution in [0.15, 0.2) is 35.2 Å². The molecule has 80 valence electrons. The van der Waals surface area contributed by atoms with Gasteiger partial charge in [-0.15, -0.1) is 0 Å². The van der Waals surface area contributed by atoms with Gasteiger partial charge in [0.1, 0.15) is 0 Å². The zero-order valence-corrected chi connectivity index (χ0v) is 8.02. The maximum absolute atomic E-state index is 11.3. The molecule has 0 radical (unpaired) electrons. The molecule has 1 rings (SSSR count). The average molecular weight is 226 g/mol. The van der Waals surface area contributed by atoms with Gasteiger partial charge in [-0.1, -0.05) is 18.2 Å². The van der Waals surface area contributed by atoms with Gasteiger partial charge in [-0.25, -0.2) is 4.18 Å². The topological polar surface area (TPSA) is 83.8 Å². The molecule has 1 aromatic rings. The number of benzene rings is 1. The van der Waals surface area contributed by atoms with Gasteiger partial charge in [-0.2, -0.15) is 8.42 Å². The molecule has 0 saturated carbocycles. The van der Waals surface area contributed by atoms with Crippen LogP contribution in [0.1, 0.15) is 0 Å². The second-order valence-electron chi connectivity index (χ2n) is 2.50. The monoisotopic (exact) mass is 226 g/mol. The number of hydrogen-bond acceptors (Lipinski definition) is 5. The standard InChI is InChI=1S/C8H10O5S.Li.H/c9-6-8(10)13-14(11,12)7-4-2-1-3-5-7;;/h1-5,8-10H,6H2;;. The van der Waals surface area contributed by atoms with Crippen LogP contribution in [-0.4, -0.2) is 50.4 Å². The molecule has 0 aliphatic rings. The molecule has 1 aromatic carbocycles. The molecule has 2 N–H and O–H groups in total. The van der Waals surface area contributed by atoms with E-state index in [1.165, 1.54) is 24.3 Å². The zero-order chi connectivity index (χ0) is 10.6. The van der Waals surface area contributed by atoms with Crippen LogP contribution in [0.4, 0.5) is 0 Å². The normalized spacial score (nSPS) is 12.9. The van der Waals surface area contributed by atoms with E-state index in [-0.39, 0.29) is 23.8 Å². The summed E-state index contributed by atoms with van der Waals surface area (Å²) in [4.78, 5) is -0.0625. The predicted octanol–water partition coefficient (Wildman–Crippen LogP) is -0.946. The molecule has 1 atom stereocenters. The molecule has 0 fully saturated rings. The Morgan fingerprint density at radius 3 is 2.27 bits per heavy atom. The molecule has 0 aromatic heterocycles. The Bertz CT molecular complexity index is 377. The van der Waals surface area contributed by atoms with Gasteiger partial charge in [0.05, 0.1) is 11.5 Å². The molecule has 1 unspecified atom stereocenters. The van der Waals surface area contributed by atoms with Crippen molar-refractivity contribution in [2.24, 2.45) is 0 Å². The number of aliphatic hydroxyl groups is 2. The van der Waals surface area contributed by atoms with Crippen LogP contribution in [0.2, 0.25) is 0 Å². The summed E-state index contributed by atoms with van der Waals surface area (Å²) >= 11 is 0. The quantitative estimate of drug-likeness (QED) is 0.393. The van der Waals surface area contributed by atoms with Crippen molar-refractivity contribution >= 4 is 29.0 Å². The second-order valence-corrected chi connectivity index (χ2v) is 4.07. The number of rotatable bonds is 4. The summed E-state index contributed by atoms with van der Waals surface area (Å²) < 4.78 is 26.9. The predicted molar refractivity (Wildman–Crippen MR) is 55.0 cm³/mol. The van der Waals surface area contributed by atoms with Crippen molar-refractivity contribution < 1.29 is 22.8 Å². The van der Waals surface area contributed by atoms with Crippen molar-refractivity contribution in [2.75, 3.05) is 6.61 Å². The van der Waals surface area contributed by atoms with E-state index in [0.29, 0.717) is 0 Å². The van der Waals surface area contributed by atoms with Crippen LogP contribution in [0.25, 0.3) is 0 Å². The summed E-state index contributed by atoms with van der Waals surface area (Å²) in [6, 6.07) is 7.38. The van der Waals surface area contributed by atoms with Crippen molar-refractivity contribution in [3.63, 3.8) is 0 Å². The average Bonchev–Trinajstić information content (AvgIpc) is 2.18. The van der Waals surface area contributed by atoms with Crippen molar-refractivity contribution in [2.45, 2.75) is 11.2 Å². The van der Waals surface area contributed by atoms with Gasteiger partial charge in [0, 0.05) is 0 Å². The van der Waals surface area contributed by atoms with Gasteiger partial charge in [-0.05, 0) is 12.1 Å². The number of hydrogen-bond donors (Lipinski definition) is 2. The minimum absolute atomic E-state index is 0. The Labute approximate surface area is 100.0 Å². The maximum atomic E-state index is 11.3. The van der Waals surface area contributed by atoms with Crippen molar-refractivity contribution in [1.29, 1.82) is 0 Å². The SMILES string of the molecule is O=S(=O)(OC(O)CO)c1ccccc1.[LiH].